The number of nitrogens with zero attached hydrogens (tertiary/aromatic N) is 4. The first-order valence-corrected chi connectivity index (χ1v) is 12.9. The summed E-state index contributed by atoms with van der Waals surface area (Å²) in [6.45, 7) is 0.0434. The second kappa shape index (κ2) is 9.62. The van der Waals surface area contributed by atoms with Crippen LogP contribution in [0.3, 0.4) is 0 Å². The third kappa shape index (κ3) is 4.28. The van der Waals surface area contributed by atoms with Crippen molar-refractivity contribution in [3.05, 3.63) is 64.9 Å². The van der Waals surface area contributed by atoms with E-state index in [1.807, 2.05) is 41.8 Å². The molecule has 0 spiro atoms. The van der Waals surface area contributed by atoms with E-state index in [1.165, 1.54) is 11.3 Å². The summed E-state index contributed by atoms with van der Waals surface area (Å²) in [5.41, 5.74) is 2.00. The highest BCUT2D eigenvalue weighted by Gasteiger charge is 2.36. The van der Waals surface area contributed by atoms with Crippen LogP contribution in [0.25, 0.3) is 11.0 Å². The Morgan fingerprint density at radius 3 is 2.75 bits per heavy atom. The van der Waals surface area contributed by atoms with Crippen molar-refractivity contribution in [3.63, 3.8) is 0 Å². The zero-order chi connectivity index (χ0) is 24.5. The molecule has 0 radical (unpaired) electrons. The largest absolute Gasteiger partial charge is 0.454 e. The molecule has 2 aromatic heterocycles. The summed E-state index contributed by atoms with van der Waals surface area (Å²) in [7, 11) is 0. The van der Waals surface area contributed by atoms with Gasteiger partial charge < -0.3 is 14.8 Å². The topological polar surface area (TPSA) is 98.6 Å². The van der Waals surface area contributed by atoms with Crippen LogP contribution in [-0.4, -0.2) is 39.6 Å². The Kier molecular flexibility index (Phi) is 6.02. The van der Waals surface area contributed by atoms with E-state index in [-0.39, 0.29) is 31.2 Å². The van der Waals surface area contributed by atoms with Crippen LogP contribution in [-0.2, 0) is 16.1 Å². The smallest absolute Gasteiger partial charge is 0.249 e. The molecule has 6 rings (SSSR count). The molecule has 9 nitrogen and oxygen atoms in total. The van der Waals surface area contributed by atoms with E-state index >= 15 is 0 Å². The predicted octanol–water partition coefficient (Wildman–Crippen LogP) is 4.05. The number of hydrogen-bond donors (Lipinski definition) is 1. The predicted molar refractivity (Wildman–Crippen MR) is 135 cm³/mol. The van der Waals surface area contributed by atoms with Gasteiger partial charge in [-0.05, 0) is 48.6 Å². The molecular weight excluding hydrogens is 478 g/mol. The minimum absolute atomic E-state index is 0.0759. The van der Waals surface area contributed by atoms with Crippen LogP contribution < -0.4 is 19.7 Å². The monoisotopic (exact) mass is 503 g/mol. The number of amides is 2. The zero-order valence-electron chi connectivity index (χ0n) is 19.5. The maximum Gasteiger partial charge on any atom is 0.249 e. The Labute approximate surface area is 211 Å². The van der Waals surface area contributed by atoms with Gasteiger partial charge >= 0.3 is 0 Å². The van der Waals surface area contributed by atoms with Crippen LogP contribution in [0.2, 0.25) is 0 Å². The standard InChI is InChI=1S/C26H25N5O4S/c32-24(15-30-20-9-4-3-8-19(20)28-29-30)31(18-11-12-21-22(14-18)35-16-34-21)25(23-10-5-13-36-23)26(33)27-17-6-1-2-7-17/h3-5,8-14,17,25H,1-2,6-7,15-16H2,(H,27,33). The number of aromatic nitrogens is 3. The van der Waals surface area contributed by atoms with Crippen LogP contribution in [0.5, 0.6) is 11.5 Å². The molecule has 10 heteroatoms. The lowest BCUT2D eigenvalue weighted by Crippen LogP contribution is -2.47. The highest BCUT2D eigenvalue weighted by Crippen LogP contribution is 2.39. The van der Waals surface area contributed by atoms with E-state index < -0.39 is 6.04 Å². The number of hydrogen-bond acceptors (Lipinski definition) is 7. The first-order valence-electron chi connectivity index (χ1n) is 12.0. The Morgan fingerprint density at radius 1 is 1.08 bits per heavy atom. The number of carbonyl (C=O) groups excluding carboxylic acids is 2. The lowest BCUT2D eigenvalue weighted by atomic mass is 10.1. The molecule has 2 aromatic carbocycles. The highest BCUT2D eigenvalue weighted by molar-refractivity contribution is 7.10. The lowest BCUT2D eigenvalue weighted by molar-refractivity contribution is -0.127. The molecule has 1 aliphatic carbocycles. The van der Waals surface area contributed by atoms with Crippen molar-refractivity contribution in [3.8, 4) is 11.5 Å². The van der Waals surface area contributed by atoms with Crippen LogP contribution >= 0.6 is 11.3 Å². The summed E-state index contributed by atoms with van der Waals surface area (Å²) in [6.07, 6.45) is 4.09. The van der Waals surface area contributed by atoms with Crippen LogP contribution in [0, 0.1) is 0 Å². The minimum atomic E-state index is -0.840. The van der Waals surface area contributed by atoms with E-state index in [9.17, 15) is 9.59 Å². The molecule has 1 atom stereocenters. The molecule has 1 aliphatic heterocycles. The van der Waals surface area contributed by atoms with Crippen LogP contribution in [0.1, 0.15) is 36.6 Å². The number of carbonyl (C=O) groups is 2. The summed E-state index contributed by atoms with van der Waals surface area (Å²) in [5.74, 6) is 0.664. The number of ether oxygens (including phenoxy) is 2. The average Bonchev–Trinajstić information content (AvgIpc) is 3.70. The molecule has 2 aliphatic rings. The van der Waals surface area contributed by atoms with Crippen LogP contribution in [0.4, 0.5) is 5.69 Å². The van der Waals surface area contributed by atoms with E-state index in [0.717, 1.165) is 36.1 Å². The van der Waals surface area contributed by atoms with E-state index in [2.05, 4.69) is 15.6 Å². The second-order valence-corrected chi connectivity index (χ2v) is 9.92. The normalized spacial score (nSPS) is 15.8. The van der Waals surface area contributed by atoms with Crippen molar-refractivity contribution >= 4 is 39.9 Å². The summed E-state index contributed by atoms with van der Waals surface area (Å²) in [4.78, 5) is 30.1. The van der Waals surface area contributed by atoms with Crippen molar-refractivity contribution in [2.45, 2.75) is 44.3 Å². The molecule has 1 unspecified atom stereocenters. The summed E-state index contributed by atoms with van der Waals surface area (Å²) < 4.78 is 12.6. The Balaban J connectivity index is 1.40. The van der Waals surface area contributed by atoms with Crippen LogP contribution in [0.15, 0.2) is 60.0 Å². The van der Waals surface area contributed by atoms with Gasteiger partial charge in [0.2, 0.25) is 18.6 Å². The number of fused-ring (bicyclic) bond motifs is 2. The molecule has 184 valence electrons. The molecule has 3 heterocycles. The number of thiophene rings is 1. The Hall–Kier alpha value is -3.92. The number of benzene rings is 2. The zero-order valence-corrected chi connectivity index (χ0v) is 20.3. The Morgan fingerprint density at radius 2 is 1.92 bits per heavy atom. The fraction of sp³-hybridized carbons (Fsp3) is 0.308. The molecule has 0 saturated heterocycles. The first kappa shape index (κ1) is 22.5. The number of rotatable bonds is 7. The second-order valence-electron chi connectivity index (χ2n) is 8.95. The van der Waals surface area contributed by atoms with E-state index in [1.54, 1.807) is 27.8 Å². The molecule has 36 heavy (non-hydrogen) atoms. The SMILES string of the molecule is O=C(NC1CCCC1)C(c1cccs1)N(C(=O)Cn1nnc2ccccc21)c1ccc2c(c1)OCO2. The van der Waals surface area contributed by atoms with Crippen molar-refractivity contribution in [2.75, 3.05) is 11.7 Å². The third-order valence-electron chi connectivity index (χ3n) is 6.63. The number of para-hydroxylation sites is 1. The van der Waals surface area contributed by atoms with Gasteiger partial charge in [-0.25, -0.2) is 4.68 Å². The van der Waals surface area contributed by atoms with Gasteiger partial charge in [0.1, 0.15) is 18.1 Å². The Bertz CT molecular complexity index is 1400. The third-order valence-corrected chi connectivity index (χ3v) is 7.55. The van der Waals surface area contributed by atoms with E-state index in [0.29, 0.717) is 22.7 Å². The fourth-order valence-electron chi connectivity index (χ4n) is 4.88. The highest BCUT2D eigenvalue weighted by atomic mass is 32.1. The molecule has 4 aromatic rings. The first-order chi connectivity index (χ1) is 17.7. The van der Waals surface area contributed by atoms with Crippen molar-refractivity contribution in [1.29, 1.82) is 0 Å². The fourth-order valence-corrected chi connectivity index (χ4v) is 5.69. The van der Waals surface area contributed by atoms with Gasteiger partial charge in [0.15, 0.2) is 11.5 Å². The summed E-state index contributed by atoms with van der Waals surface area (Å²) in [5, 5.41) is 13.5. The van der Waals surface area contributed by atoms with Gasteiger partial charge in [0.25, 0.3) is 0 Å². The quantitative estimate of drug-likeness (QED) is 0.409. The van der Waals surface area contributed by atoms with Crippen molar-refractivity contribution in [2.24, 2.45) is 0 Å². The van der Waals surface area contributed by atoms with Gasteiger partial charge in [-0.3, -0.25) is 14.5 Å². The molecule has 2 amide bonds. The van der Waals surface area contributed by atoms with Gasteiger partial charge in [0.05, 0.1) is 5.52 Å². The van der Waals surface area contributed by atoms with Crippen molar-refractivity contribution in [1.82, 2.24) is 20.3 Å². The van der Waals surface area contributed by atoms with Gasteiger partial charge in [-0.2, -0.15) is 0 Å². The average molecular weight is 504 g/mol. The maximum atomic E-state index is 14.0. The molecular formula is C26H25N5O4S. The molecule has 1 saturated carbocycles. The summed E-state index contributed by atoms with van der Waals surface area (Å²) >= 11 is 1.45. The number of anilines is 1. The summed E-state index contributed by atoms with van der Waals surface area (Å²) in [6, 6.07) is 15.8. The van der Waals surface area contributed by atoms with Crippen molar-refractivity contribution < 1.29 is 19.1 Å². The van der Waals surface area contributed by atoms with Gasteiger partial charge in [-0.15, -0.1) is 16.4 Å². The van der Waals surface area contributed by atoms with Gasteiger partial charge in [0, 0.05) is 22.7 Å². The molecule has 0 bridgehead atoms. The maximum absolute atomic E-state index is 14.0. The lowest BCUT2D eigenvalue weighted by Gasteiger charge is -2.31. The minimum Gasteiger partial charge on any atom is -0.454 e. The van der Waals surface area contributed by atoms with E-state index in [4.69, 9.17) is 9.47 Å². The number of nitrogens with one attached hydrogen (secondary N) is 1. The van der Waals surface area contributed by atoms with Gasteiger partial charge in [-0.1, -0.05) is 36.3 Å². The molecule has 1 N–H and O–H groups in total. The molecule has 1 fully saturated rings.